The fourth-order valence-corrected chi connectivity index (χ4v) is 2.22. The van der Waals surface area contributed by atoms with E-state index in [2.05, 4.69) is 10.5 Å². The summed E-state index contributed by atoms with van der Waals surface area (Å²) in [5.74, 6) is 0.196. The second-order valence-electron chi connectivity index (χ2n) is 4.56. The average molecular weight is 317 g/mol. The summed E-state index contributed by atoms with van der Waals surface area (Å²) in [6.45, 7) is 1.97. The number of carbonyl (C=O) groups is 1. The van der Waals surface area contributed by atoms with Crippen LogP contribution in [0.3, 0.4) is 0 Å². The van der Waals surface area contributed by atoms with E-state index in [9.17, 15) is 4.79 Å². The Hall–Kier alpha value is -2.33. The maximum Gasteiger partial charge on any atom is 0.275 e. The second-order valence-corrected chi connectivity index (χ2v) is 5.00. The summed E-state index contributed by atoms with van der Waals surface area (Å²) in [6, 6.07) is 14.4. The quantitative estimate of drug-likeness (QED) is 0.672. The molecule has 5 heteroatoms. The van der Waals surface area contributed by atoms with Crippen LogP contribution in [0.15, 0.2) is 53.6 Å². The Morgan fingerprint density at radius 1 is 1.23 bits per heavy atom. The number of hydrazone groups is 1. The van der Waals surface area contributed by atoms with Crippen molar-refractivity contribution in [3.8, 4) is 5.75 Å². The van der Waals surface area contributed by atoms with Crippen molar-refractivity contribution in [1.29, 1.82) is 0 Å². The summed E-state index contributed by atoms with van der Waals surface area (Å²) in [5, 5.41) is 4.84. The van der Waals surface area contributed by atoms with Crippen LogP contribution < -0.4 is 10.2 Å². The van der Waals surface area contributed by atoms with Crippen molar-refractivity contribution in [2.24, 2.45) is 5.10 Å². The molecule has 114 valence electrons. The molecule has 0 fully saturated rings. The number of nitrogens with one attached hydrogen (secondary N) is 1. The molecule has 0 aliphatic heterocycles. The van der Waals surface area contributed by atoms with Gasteiger partial charge in [-0.2, -0.15) is 5.10 Å². The molecule has 2 rings (SSSR count). The van der Waals surface area contributed by atoms with E-state index in [4.69, 9.17) is 16.3 Å². The van der Waals surface area contributed by atoms with E-state index in [1.807, 2.05) is 31.2 Å². The van der Waals surface area contributed by atoms with Crippen molar-refractivity contribution >= 4 is 23.2 Å². The summed E-state index contributed by atoms with van der Waals surface area (Å²) < 4.78 is 5.17. The van der Waals surface area contributed by atoms with E-state index in [-0.39, 0.29) is 5.91 Å². The first kappa shape index (κ1) is 16.0. The third-order valence-corrected chi connectivity index (χ3v) is 3.37. The SMILES string of the molecule is CC/C(=N\NC(=O)c1ccccc1OC)c1cccc(Cl)c1. The van der Waals surface area contributed by atoms with Crippen LogP contribution in [0.25, 0.3) is 0 Å². The first-order chi connectivity index (χ1) is 10.7. The molecular formula is C17H17ClN2O2. The number of halogens is 1. The van der Waals surface area contributed by atoms with Crippen molar-refractivity contribution in [2.45, 2.75) is 13.3 Å². The molecule has 0 radical (unpaired) electrons. The molecule has 2 aromatic carbocycles. The number of benzene rings is 2. The number of ether oxygens (including phenoxy) is 1. The summed E-state index contributed by atoms with van der Waals surface area (Å²) >= 11 is 5.99. The van der Waals surface area contributed by atoms with E-state index in [1.165, 1.54) is 7.11 Å². The number of amides is 1. The molecule has 0 aromatic heterocycles. The molecule has 1 amide bonds. The van der Waals surface area contributed by atoms with Crippen LogP contribution in [-0.2, 0) is 0 Å². The zero-order valence-corrected chi connectivity index (χ0v) is 13.2. The lowest BCUT2D eigenvalue weighted by atomic mass is 10.1. The van der Waals surface area contributed by atoms with Crippen molar-refractivity contribution in [3.63, 3.8) is 0 Å². The molecule has 0 heterocycles. The Labute approximate surface area is 134 Å². The number of methoxy groups -OCH3 is 1. The van der Waals surface area contributed by atoms with Gasteiger partial charge in [0.1, 0.15) is 5.75 Å². The molecule has 0 unspecified atom stereocenters. The maximum atomic E-state index is 12.2. The lowest BCUT2D eigenvalue weighted by Crippen LogP contribution is -2.20. The van der Waals surface area contributed by atoms with Gasteiger partial charge in [-0.1, -0.05) is 42.8 Å². The molecule has 0 saturated heterocycles. The molecule has 0 aliphatic rings. The van der Waals surface area contributed by atoms with E-state index < -0.39 is 0 Å². The first-order valence-corrected chi connectivity index (χ1v) is 7.29. The lowest BCUT2D eigenvalue weighted by Gasteiger charge is -2.08. The Bertz CT molecular complexity index is 699. The monoisotopic (exact) mass is 316 g/mol. The summed E-state index contributed by atoms with van der Waals surface area (Å²) in [6.07, 6.45) is 0.673. The van der Waals surface area contributed by atoms with Gasteiger partial charge in [0.15, 0.2) is 0 Å². The van der Waals surface area contributed by atoms with Crippen LogP contribution in [-0.4, -0.2) is 18.7 Å². The minimum absolute atomic E-state index is 0.314. The fourth-order valence-electron chi connectivity index (χ4n) is 2.03. The van der Waals surface area contributed by atoms with Crippen molar-refractivity contribution < 1.29 is 9.53 Å². The topological polar surface area (TPSA) is 50.7 Å². The number of carbonyl (C=O) groups excluding carboxylic acids is 1. The molecule has 0 spiro atoms. The zero-order valence-electron chi connectivity index (χ0n) is 12.5. The minimum atomic E-state index is -0.314. The van der Waals surface area contributed by atoms with E-state index in [0.717, 1.165) is 11.3 Å². The normalized spacial score (nSPS) is 11.1. The third kappa shape index (κ3) is 3.86. The maximum absolute atomic E-state index is 12.2. The van der Waals surface area contributed by atoms with Crippen LogP contribution in [0, 0.1) is 0 Å². The molecule has 2 aromatic rings. The highest BCUT2D eigenvalue weighted by atomic mass is 35.5. The number of hydrogen-bond acceptors (Lipinski definition) is 3. The summed E-state index contributed by atoms with van der Waals surface area (Å²) in [7, 11) is 1.53. The van der Waals surface area contributed by atoms with Gasteiger partial charge in [0.05, 0.1) is 18.4 Å². The van der Waals surface area contributed by atoms with E-state index >= 15 is 0 Å². The molecule has 0 atom stereocenters. The average Bonchev–Trinajstić information content (AvgIpc) is 2.55. The lowest BCUT2D eigenvalue weighted by molar-refractivity contribution is 0.0952. The van der Waals surface area contributed by atoms with Gasteiger partial charge in [0, 0.05) is 5.02 Å². The van der Waals surface area contributed by atoms with Crippen molar-refractivity contribution in [2.75, 3.05) is 7.11 Å². The fraction of sp³-hybridized carbons (Fsp3) is 0.176. The highest BCUT2D eigenvalue weighted by molar-refractivity contribution is 6.31. The molecule has 0 aliphatic carbocycles. The molecule has 1 N–H and O–H groups in total. The largest absolute Gasteiger partial charge is 0.496 e. The van der Waals surface area contributed by atoms with Crippen LogP contribution >= 0.6 is 11.6 Å². The molecule has 22 heavy (non-hydrogen) atoms. The molecular weight excluding hydrogens is 300 g/mol. The third-order valence-electron chi connectivity index (χ3n) is 3.14. The predicted octanol–water partition coefficient (Wildman–Crippen LogP) is 3.89. The molecule has 0 saturated carbocycles. The number of nitrogens with zero attached hydrogens (tertiary/aromatic N) is 1. The summed E-state index contributed by atoms with van der Waals surface area (Å²) in [4.78, 5) is 12.2. The first-order valence-electron chi connectivity index (χ1n) is 6.91. The molecule has 0 bridgehead atoms. The highest BCUT2D eigenvalue weighted by Gasteiger charge is 2.11. The Kier molecular flexibility index (Phi) is 5.55. The Balaban J connectivity index is 2.20. The van der Waals surface area contributed by atoms with Crippen LogP contribution in [0.5, 0.6) is 5.75 Å². The van der Waals surface area contributed by atoms with Gasteiger partial charge in [-0.15, -0.1) is 0 Å². The van der Waals surface area contributed by atoms with Gasteiger partial charge in [-0.05, 0) is 36.2 Å². The van der Waals surface area contributed by atoms with E-state index in [0.29, 0.717) is 22.8 Å². The van der Waals surface area contributed by atoms with Crippen LogP contribution in [0.1, 0.15) is 29.3 Å². The van der Waals surface area contributed by atoms with Gasteiger partial charge < -0.3 is 4.74 Å². The highest BCUT2D eigenvalue weighted by Crippen LogP contribution is 2.17. The smallest absolute Gasteiger partial charge is 0.275 e. The van der Waals surface area contributed by atoms with E-state index in [1.54, 1.807) is 24.3 Å². The molecule has 4 nitrogen and oxygen atoms in total. The second kappa shape index (κ2) is 7.61. The van der Waals surface area contributed by atoms with Gasteiger partial charge in [0.2, 0.25) is 0 Å². The predicted molar refractivity (Wildman–Crippen MR) is 88.7 cm³/mol. The number of rotatable bonds is 5. The van der Waals surface area contributed by atoms with Gasteiger partial charge >= 0.3 is 0 Å². The van der Waals surface area contributed by atoms with Gasteiger partial charge in [0.25, 0.3) is 5.91 Å². The Morgan fingerprint density at radius 2 is 2.00 bits per heavy atom. The zero-order chi connectivity index (χ0) is 15.9. The van der Waals surface area contributed by atoms with Gasteiger partial charge in [-0.25, -0.2) is 5.43 Å². The Morgan fingerprint density at radius 3 is 2.68 bits per heavy atom. The minimum Gasteiger partial charge on any atom is -0.496 e. The number of hydrogen-bond donors (Lipinski definition) is 1. The van der Waals surface area contributed by atoms with Gasteiger partial charge in [-0.3, -0.25) is 4.79 Å². The summed E-state index contributed by atoms with van der Waals surface area (Å²) in [5.41, 5.74) is 4.65. The number of para-hydroxylation sites is 1. The van der Waals surface area contributed by atoms with Crippen molar-refractivity contribution in [3.05, 3.63) is 64.7 Å². The standard InChI is InChI=1S/C17H17ClN2O2/c1-3-15(12-7-6-8-13(18)11-12)19-20-17(21)14-9-4-5-10-16(14)22-2/h4-11H,3H2,1-2H3,(H,20,21)/b19-15+. The van der Waals surface area contributed by atoms with Crippen LogP contribution in [0.2, 0.25) is 5.02 Å². The van der Waals surface area contributed by atoms with Crippen molar-refractivity contribution in [1.82, 2.24) is 5.43 Å². The van der Waals surface area contributed by atoms with Crippen LogP contribution in [0.4, 0.5) is 0 Å².